The Labute approximate surface area is 340 Å². The summed E-state index contributed by atoms with van der Waals surface area (Å²) in [6, 6.07) is 0. The van der Waals surface area contributed by atoms with Crippen molar-refractivity contribution in [2.24, 2.45) is 0 Å². The molecule has 0 bridgehead atoms. The van der Waals surface area contributed by atoms with Gasteiger partial charge >= 0.3 is 19.8 Å². The number of allylic oxidation sites excluding steroid dienone is 5. The molecule has 0 heterocycles. The van der Waals surface area contributed by atoms with E-state index in [1.165, 1.54) is 77.0 Å². The first kappa shape index (κ1) is 53.9. The molecule has 4 unspecified atom stereocenters. The molecule has 0 saturated heterocycles. The highest BCUT2D eigenvalue weighted by Gasteiger charge is 2.27. The first-order valence-corrected chi connectivity index (χ1v) is 23.1. The van der Waals surface area contributed by atoms with Gasteiger partial charge in [0.05, 0.1) is 40.0 Å². The molecule has 0 amide bonds. The molecule has 0 spiro atoms. The van der Waals surface area contributed by atoms with Crippen molar-refractivity contribution in [1.29, 1.82) is 0 Å². The second-order valence-corrected chi connectivity index (χ2v) is 17.2. The van der Waals surface area contributed by atoms with Crippen molar-refractivity contribution in [3.8, 4) is 0 Å². The lowest BCUT2D eigenvalue weighted by Gasteiger charge is -2.24. The van der Waals surface area contributed by atoms with Gasteiger partial charge in [-0.25, -0.2) is 4.57 Å². The van der Waals surface area contributed by atoms with E-state index in [9.17, 15) is 29.3 Å². The van der Waals surface area contributed by atoms with E-state index in [4.69, 9.17) is 18.5 Å². The summed E-state index contributed by atoms with van der Waals surface area (Å²) in [7, 11) is 1.32. The van der Waals surface area contributed by atoms with Crippen LogP contribution in [0.1, 0.15) is 155 Å². The fraction of sp³-hybridized carbons (Fsp3) is 0.773. The number of aliphatic hydroxyl groups is 2. The first-order chi connectivity index (χ1) is 26.8. The Morgan fingerprint density at radius 1 is 0.643 bits per heavy atom. The largest absolute Gasteiger partial charge is 0.472 e. The van der Waals surface area contributed by atoms with E-state index in [0.717, 1.165) is 25.7 Å². The van der Waals surface area contributed by atoms with Crippen molar-refractivity contribution in [2.75, 3.05) is 47.5 Å². The summed E-state index contributed by atoms with van der Waals surface area (Å²) in [6.07, 6.45) is 33.6. The van der Waals surface area contributed by atoms with Gasteiger partial charge in [0.15, 0.2) is 6.10 Å². The molecule has 0 aliphatic carbocycles. The van der Waals surface area contributed by atoms with Crippen molar-refractivity contribution in [3.63, 3.8) is 0 Å². The predicted molar refractivity (Wildman–Crippen MR) is 227 cm³/mol. The van der Waals surface area contributed by atoms with Gasteiger partial charge in [-0.2, -0.15) is 0 Å². The van der Waals surface area contributed by atoms with E-state index < -0.39 is 44.7 Å². The summed E-state index contributed by atoms with van der Waals surface area (Å²) in [5.41, 5.74) is 0. The molecule has 12 heteroatoms. The number of phosphoric acid groups is 1. The summed E-state index contributed by atoms with van der Waals surface area (Å²) < 4.78 is 34.0. The topological polar surface area (TPSA) is 149 Å². The first-order valence-electron chi connectivity index (χ1n) is 21.6. The molecule has 0 aromatic rings. The van der Waals surface area contributed by atoms with Crippen LogP contribution < -0.4 is 0 Å². The lowest BCUT2D eigenvalue weighted by molar-refractivity contribution is -0.870. The van der Waals surface area contributed by atoms with Crippen LogP contribution in [0, 0.1) is 0 Å². The lowest BCUT2D eigenvalue weighted by atomic mass is 10.0. The minimum Gasteiger partial charge on any atom is -0.462 e. The Morgan fingerprint density at radius 2 is 1.18 bits per heavy atom. The number of aliphatic hydroxyl groups excluding tert-OH is 2. The van der Waals surface area contributed by atoms with Crippen molar-refractivity contribution in [1.82, 2.24) is 0 Å². The molecule has 326 valence electrons. The van der Waals surface area contributed by atoms with Crippen LogP contribution in [-0.4, -0.2) is 97.3 Å². The molecule has 4 atom stereocenters. The highest BCUT2D eigenvalue weighted by Crippen LogP contribution is 2.43. The van der Waals surface area contributed by atoms with Gasteiger partial charge in [-0.3, -0.25) is 18.6 Å². The van der Waals surface area contributed by atoms with Gasteiger partial charge in [-0.15, -0.1) is 0 Å². The fourth-order valence-corrected chi connectivity index (χ4v) is 6.30. The van der Waals surface area contributed by atoms with Crippen molar-refractivity contribution in [3.05, 3.63) is 48.6 Å². The van der Waals surface area contributed by atoms with E-state index in [0.29, 0.717) is 36.7 Å². The van der Waals surface area contributed by atoms with Crippen LogP contribution in [0.15, 0.2) is 48.6 Å². The number of esters is 2. The highest BCUT2D eigenvalue weighted by atomic mass is 31.2. The van der Waals surface area contributed by atoms with Gasteiger partial charge < -0.3 is 29.1 Å². The van der Waals surface area contributed by atoms with E-state index in [-0.39, 0.29) is 26.1 Å². The molecule has 0 aromatic heterocycles. The molecule has 0 aliphatic heterocycles. The van der Waals surface area contributed by atoms with Crippen LogP contribution in [0.2, 0.25) is 0 Å². The van der Waals surface area contributed by atoms with Gasteiger partial charge in [0.2, 0.25) is 0 Å². The van der Waals surface area contributed by atoms with Crippen LogP contribution in [0.3, 0.4) is 0 Å². The third-order valence-corrected chi connectivity index (χ3v) is 10.0. The van der Waals surface area contributed by atoms with E-state index in [1.807, 2.05) is 27.2 Å². The number of hydrogen-bond acceptors (Lipinski definition) is 9. The molecule has 0 fully saturated rings. The monoisotopic (exact) mass is 815 g/mol. The number of hydrogen-bond donors (Lipinski definition) is 3. The Hall–Kier alpha value is -2.11. The standard InChI is InChI=1S/C44H80NO10P/c1-6-8-10-12-14-15-16-17-18-19-20-22-28-34-43(48)52-38-42(39-54-56(50,51)53-37-36-45(3,4)5)55-44(49)35-29-33-41(47)32-27-24-23-26-31-40(46)30-25-21-13-11-9-7-2/h21,23-27,31-32,40-42,46-47H,6-20,22,28-30,33-39H2,1-5H3/p+1/b24-23+,25-21+,31-26+,32-27+. The fourth-order valence-electron chi connectivity index (χ4n) is 5.56. The summed E-state index contributed by atoms with van der Waals surface area (Å²) in [5.74, 6) is -1.04. The number of ether oxygens (including phenoxy) is 2. The summed E-state index contributed by atoms with van der Waals surface area (Å²) in [6.45, 7) is 4.06. The second-order valence-electron chi connectivity index (χ2n) is 15.8. The zero-order valence-corrected chi connectivity index (χ0v) is 36.7. The maximum atomic E-state index is 12.7. The normalized spacial score (nSPS) is 15.2. The van der Waals surface area contributed by atoms with Crippen LogP contribution in [0.4, 0.5) is 0 Å². The average Bonchev–Trinajstić information content (AvgIpc) is 3.13. The second kappa shape index (κ2) is 36.0. The van der Waals surface area contributed by atoms with Crippen molar-refractivity contribution in [2.45, 2.75) is 173 Å². The molecule has 0 radical (unpaired) electrons. The van der Waals surface area contributed by atoms with Crippen molar-refractivity contribution >= 4 is 19.8 Å². The molecule has 56 heavy (non-hydrogen) atoms. The number of unbranched alkanes of at least 4 members (excludes halogenated alkanes) is 15. The van der Waals surface area contributed by atoms with Gasteiger partial charge in [0.25, 0.3) is 0 Å². The van der Waals surface area contributed by atoms with E-state index >= 15 is 0 Å². The summed E-state index contributed by atoms with van der Waals surface area (Å²) >= 11 is 0. The maximum absolute atomic E-state index is 12.7. The average molecular weight is 815 g/mol. The molecule has 0 saturated carbocycles. The SMILES string of the molecule is CCCCC/C=C/CC(O)/C=C/C=C/C=C/C(O)CCCC(=O)OC(COC(=O)CCCCCCCCCCCCCCC)COP(=O)(O)OCC[N+](C)(C)C. The minimum atomic E-state index is -4.44. The summed E-state index contributed by atoms with van der Waals surface area (Å²) in [5, 5.41) is 20.3. The van der Waals surface area contributed by atoms with Gasteiger partial charge in [-0.05, 0) is 38.5 Å². The molecule has 11 nitrogen and oxygen atoms in total. The smallest absolute Gasteiger partial charge is 0.462 e. The Bertz CT molecular complexity index is 1130. The zero-order chi connectivity index (χ0) is 41.8. The molecule has 0 rings (SSSR count). The predicted octanol–water partition coefficient (Wildman–Crippen LogP) is 9.85. The van der Waals surface area contributed by atoms with Gasteiger partial charge in [0, 0.05) is 12.8 Å². The number of carbonyl (C=O) groups is 2. The maximum Gasteiger partial charge on any atom is 0.472 e. The molecule has 0 aliphatic rings. The number of quaternary nitrogens is 1. The van der Waals surface area contributed by atoms with Crippen LogP contribution in [0.5, 0.6) is 0 Å². The highest BCUT2D eigenvalue weighted by molar-refractivity contribution is 7.47. The minimum absolute atomic E-state index is 0.0145. The number of rotatable bonds is 38. The lowest BCUT2D eigenvalue weighted by Crippen LogP contribution is -2.37. The Kier molecular flexibility index (Phi) is 34.6. The summed E-state index contributed by atoms with van der Waals surface area (Å²) in [4.78, 5) is 35.3. The molecular weight excluding hydrogens is 733 g/mol. The number of phosphoric ester groups is 1. The number of carbonyl (C=O) groups excluding carboxylic acids is 2. The zero-order valence-electron chi connectivity index (χ0n) is 35.8. The Morgan fingerprint density at radius 3 is 1.77 bits per heavy atom. The third-order valence-electron chi connectivity index (χ3n) is 9.05. The van der Waals surface area contributed by atoms with Gasteiger partial charge in [0.1, 0.15) is 19.8 Å². The van der Waals surface area contributed by atoms with Gasteiger partial charge in [-0.1, -0.05) is 152 Å². The molecule has 0 aromatic carbocycles. The number of nitrogens with zero attached hydrogens (tertiary/aromatic N) is 1. The van der Waals surface area contributed by atoms with Crippen LogP contribution >= 0.6 is 7.82 Å². The van der Waals surface area contributed by atoms with Crippen molar-refractivity contribution < 1.29 is 52.3 Å². The van der Waals surface area contributed by atoms with E-state index in [1.54, 1.807) is 36.5 Å². The molecule has 3 N–H and O–H groups in total. The van der Waals surface area contributed by atoms with Crippen LogP contribution in [-0.2, 0) is 32.7 Å². The molecular formula is C44H81NO10P+. The third kappa shape index (κ3) is 38.7. The van der Waals surface area contributed by atoms with E-state index in [2.05, 4.69) is 19.9 Å². The number of likely N-dealkylation sites (N-methyl/N-ethyl adjacent to an activating group) is 1. The quantitative estimate of drug-likeness (QED) is 0.0137. The van der Waals surface area contributed by atoms with Crippen LogP contribution in [0.25, 0.3) is 0 Å². The Balaban J connectivity index is 4.66.